The van der Waals surface area contributed by atoms with Gasteiger partial charge in [0.25, 0.3) is 0 Å². The highest BCUT2D eigenvalue weighted by molar-refractivity contribution is 5.81. The molecule has 2 aromatic carbocycles. The molecule has 2 N–H and O–H groups in total. The normalized spacial score (nSPS) is 19.2. The Balaban J connectivity index is 1.16. The van der Waals surface area contributed by atoms with Gasteiger partial charge in [0.15, 0.2) is 5.96 Å². The van der Waals surface area contributed by atoms with Crippen LogP contribution in [0.15, 0.2) is 65.7 Å². The van der Waals surface area contributed by atoms with Crippen LogP contribution in [0.5, 0.6) is 0 Å². The molecule has 7 heteroatoms. The van der Waals surface area contributed by atoms with Gasteiger partial charge in [-0.3, -0.25) is 9.79 Å². The number of carbonyl (C=O) groups is 1. The molecule has 2 aliphatic heterocycles. The van der Waals surface area contributed by atoms with Crippen LogP contribution < -0.4 is 20.4 Å². The summed E-state index contributed by atoms with van der Waals surface area (Å²) in [6.45, 7) is 5.89. The first-order valence-corrected chi connectivity index (χ1v) is 11.6. The lowest BCUT2D eigenvalue weighted by Crippen LogP contribution is -2.50. The molecule has 2 fully saturated rings. The number of nitrogens with one attached hydrogen (secondary N) is 2. The molecule has 2 aromatic rings. The molecule has 0 aromatic heterocycles. The number of guanidine groups is 1. The van der Waals surface area contributed by atoms with Crippen molar-refractivity contribution in [3.05, 3.63) is 60.7 Å². The van der Waals surface area contributed by atoms with Gasteiger partial charge in [0.1, 0.15) is 0 Å². The smallest absolute Gasteiger partial charge is 0.224 e. The zero-order valence-electron chi connectivity index (χ0n) is 18.9. The quantitative estimate of drug-likeness (QED) is 0.539. The molecule has 0 radical (unpaired) electrons. The number of aliphatic imine (C=N–C) groups is 1. The Hall–Kier alpha value is -3.22. The number of hydrogen-bond donors (Lipinski definition) is 2. The standard InChI is InChI=1S/C25H34N6O/c1-26-25(28-21-13-15-31(20-21)23-10-6-3-7-11-23)27-14-12-24(32)30-18-16-29(17-19-30)22-8-4-2-5-9-22/h2-11,21H,12-20H2,1H3,(H2,26,27,28). The Morgan fingerprint density at radius 2 is 1.53 bits per heavy atom. The summed E-state index contributed by atoms with van der Waals surface area (Å²) in [6.07, 6.45) is 1.55. The molecule has 1 atom stereocenters. The Bertz CT molecular complexity index is 880. The van der Waals surface area contributed by atoms with Crippen LogP contribution in [-0.2, 0) is 4.79 Å². The first-order chi connectivity index (χ1) is 15.7. The zero-order chi connectivity index (χ0) is 22.2. The summed E-state index contributed by atoms with van der Waals surface area (Å²) in [5.74, 6) is 0.975. The number of amides is 1. The molecule has 2 aliphatic rings. The lowest BCUT2D eigenvalue weighted by atomic mass is 10.2. The van der Waals surface area contributed by atoms with Gasteiger partial charge in [-0.1, -0.05) is 36.4 Å². The third-order valence-electron chi connectivity index (χ3n) is 6.26. The summed E-state index contributed by atoms with van der Waals surface area (Å²) in [5.41, 5.74) is 2.49. The van der Waals surface area contributed by atoms with Gasteiger partial charge in [-0.25, -0.2) is 0 Å². The number of piperazine rings is 1. The van der Waals surface area contributed by atoms with Crippen LogP contribution >= 0.6 is 0 Å². The largest absolute Gasteiger partial charge is 0.369 e. The highest BCUT2D eigenvalue weighted by Gasteiger charge is 2.24. The zero-order valence-corrected chi connectivity index (χ0v) is 18.9. The third-order valence-corrected chi connectivity index (χ3v) is 6.26. The monoisotopic (exact) mass is 434 g/mol. The van der Waals surface area contributed by atoms with Gasteiger partial charge >= 0.3 is 0 Å². The maximum Gasteiger partial charge on any atom is 0.224 e. The Kier molecular flexibility index (Phi) is 7.48. The van der Waals surface area contributed by atoms with Crippen LogP contribution in [-0.4, -0.2) is 75.7 Å². The first-order valence-electron chi connectivity index (χ1n) is 11.6. The van der Waals surface area contributed by atoms with Gasteiger partial charge in [-0.05, 0) is 30.7 Å². The van der Waals surface area contributed by atoms with E-state index in [-0.39, 0.29) is 5.91 Å². The molecule has 0 bridgehead atoms. The van der Waals surface area contributed by atoms with Gasteiger partial charge < -0.3 is 25.3 Å². The van der Waals surface area contributed by atoms with Gasteiger partial charge in [0.2, 0.25) is 5.91 Å². The molecule has 32 heavy (non-hydrogen) atoms. The van der Waals surface area contributed by atoms with Gasteiger partial charge in [-0.2, -0.15) is 0 Å². The maximum absolute atomic E-state index is 12.7. The van der Waals surface area contributed by atoms with E-state index < -0.39 is 0 Å². The van der Waals surface area contributed by atoms with Crippen LogP contribution in [0, 0.1) is 0 Å². The average molecular weight is 435 g/mol. The van der Waals surface area contributed by atoms with E-state index in [0.717, 1.165) is 51.6 Å². The molecule has 1 amide bonds. The lowest BCUT2D eigenvalue weighted by Gasteiger charge is -2.36. The third kappa shape index (κ3) is 5.72. The van der Waals surface area contributed by atoms with Crippen molar-refractivity contribution in [2.75, 3.05) is 62.7 Å². The van der Waals surface area contributed by atoms with Crippen LogP contribution in [0.4, 0.5) is 11.4 Å². The molecular formula is C25H34N6O. The van der Waals surface area contributed by atoms with Crippen LogP contribution in [0.3, 0.4) is 0 Å². The van der Waals surface area contributed by atoms with Crippen molar-refractivity contribution in [3.8, 4) is 0 Å². The van der Waals surface area contributed by atoms with E-state index in [2.05, 4.69) is 74.0 Å². The van der Waals surface area contributed by atoms with Crippen molar-refractivity contribution >= 4 is 23.2 Å². The predicted molar refractivity (Wildman–Crippen MR) is 131 cm³/mol. The van der Waals surface area contributed by atoms with E-state index >= 15 is 0 Å². The van der Waals surface area contributed by atoms with Crippen molar-refractivity contribution in [1.29, 1.82) is 0 Å². The Labute approximate surface area is 191 Å². The van der Waals surface area contributed by atoms with Crippen LogP contribution in [0.2, 0.25) is 0 Å². The fourth-order valence-electron chi connectivity index (χ4n) is 4.44. The number of rotatable bonds is 6. The summed E-state index contributed by atoms with van der Waals surface area (Å²) in [6, 6.07) is 21.3. The number of para-hydroxylation sites is 2. The second-order valence-corrected chi connectivity index (χ2v) is 8.36. The minimum absolute atomic E-state index is 0.205. The maximum atomic E-state index is 12.7. The molecule has 2 heterocycles. The summed E-state index contributed by atoms with van der Waals surface area (Å²) in [7, 11) is 1.78. The topological polar surface area (TPSA) is 63.2 Å². The number of benzene rings is 2. The summed E-state index contributed by atoms with van der Waals surface area (Å²) >= 11 is 0. The predicted octanol–water partition coefficient (Wildman–Crippen LogP) is 2.17. The van der Waals surface area contributed by atoms with Crippen molar-refractivity contribution in [2.45, 2.75) is 18.9 Å². The van der Waals surface area contributed by atoms with Crippen molar-refractivity contribution < 1.29 is 4.79 Å². The van der Waals surface area contributed by atoms with E-state index in [0.29, 0.717) is 19.0 Å². The van der Waals surface area contributed by atoms with Gasteiger partial charge in [-0.15, -0.1) is 0 Å². The van der Waals surface area contributed by atoms with E-state index in [1.54, 1.807) is 7.05 Å². The average Bonchev–Trinajstić information content (AvgIpc) is 3.33. The molecule has 170 valence electrons. The second-order valence-electron chi connectivity index (χ2n) is 8.36. The molecular weight excluding hydrogens is 400 g/mol. The number of nitrogens with zero attached hydrogens (tertiary/aromatic N) is 4. The number of anilines is 2. The lowest BCUT2D eigenvalue weighted by molar-refractivity contribution is -0.131. The molecule has 7 nitrogen and oxygen atoms in total. The van der Waals surface area contributed by atoms with E-state index in [1.807, 2.05) is 17.0 Å². The fraction of sp³-hybridized carbons (Fsp3) is 0.440. The number of hydrogen-bond acceptors (Lipinski definition) is 4. The van der Waals surface area contributed by atoms with E-state index in [9.17, 15) is 4.79 Å². The first kappa shape index (κ1) is 22.0. The summed E-state index contributed by atoms with van der Waals surface area (Å²) in [5, 5.41) is 6.83. The SMILES string of the molecule is CN=C(NCCC(=O)N1CCN(c2ccccc2)CC1)NC1CCN(c2ccccc2)C1. The van der Waals surface area contributed by atoms with Crippen molar-refractivity contribution in [3.63, 3.8) is 0 Å². The van der Waals surface area contributed by atoms with Gasteiger partial charge in [0.05, 0.1) is 0 Å². The molecule has 0 spiro atoms. The van der Waals surface area contributed by atoms with E-state index in [1.165, 1.54) is 11.4 Å². The highest BCUT2D eigenvalue weighted by Crippen LogP contribution is 2.19. The Morgan fingerprint density at radius 1 is 0.906 bits per heavy atom. The minimum Gasteiger partial charge on any atom is -0.369 e. The summed E-state index contributed by atoms with van der Waals surface area (Å²) < 4.78 is 0. The number of carbonyl (C=O) groups excluding carboxylic acids is 1. The summed E-state index contributed by atoms with van der Waals surface area (Å²) in [4.78, 5) is 23.7. The molecule has 4 rings (SSSR count). The van der Waals surface area contributed by atoms with Crippen molar-refractivity contribution in [1.82, 2.24) is 15.5 Å². The second kappa shape index (κ2) is 10.9. The Morgan fingerprint density at radius 3 is 2.16 bits per heavy atom. The minimum atomic E-state index is 0.205. The molecule has 2 saturated heterocycles. The van der Waals surface area contributed by atoms with Gasteiger partial charge in [0, 0.05) is 76.7 Å². The molecule has 1 unspecified atom stereocenters. The molecule has 0 aliphatic carbocycles. The van der Waals surface area contributed by atoms with Crippen LogP contribution in [0.1, 0.15) is 12.8 Å². The van der Waals surface area contributed by atoms with Crippen molar-refractivity contribution in [2.24, 2.45) is 4.99 Å². The fourth-order valence-corrected chi connectivity index (χ4v) is 4.44. The molecule has 0 saturated carbocycles. The van der Waals surface area contributed by atoms with E-state index in [4.69, 9.17) is 0 Å². The van der Waals surface area contributed by atoms with Crippen LogP contribution in [0.25, 0.3) is 0 Å². The highest BCUT2D eigenvalue weighted by atomic mass is 16.2.